The van der Waals surface area contributed by atoms with Crippen LogP contribution in [-0.2, 0) is 4.74 Å². The highest BCUT2D eigenvalue weighted by atomic mass is 32.2. The topological polar surface area (TPSA) is 44.5 Å². The van der Waals surface area contributed by atoms with Gasteiger partial charge in [0.15, 0.2) is 0 Å². The molecule has 0 saturated carbocycles. The summed E-state index contributed by atoms with van der Waals surface area (Å²) < 4.78 is 25.6. The fraction of sp³-hybridized carbons (Fsp3) is 0.625. The Morgan fingerprint density at radius 3 is 3.10 bits per heavy atom. The number of hydrogen-bond acceptors (Lipinski definition) is 4. The molecule has 116 valence electrons. The number of hydrogen-bond donors (Lipinski definition) is 1. The zero-order valence-corrected chi connectivity index (χ0v) is 13.1. The Morgan fingerprint density at radius 1 is 1.52 bits per heavy atom. The third-order valence-electron chi connectivity index (χ3n) is 4.27. The van der Waals surface area contributed by atoms with E-state index in [4.69, 9.17) is 15.2 Å². The monoisotopic (exact) mass is 311 g/mol. The van der Waals surface area contributed by atoms with E-state index in [1.807, 2.05) is 18.7 Å². The van der Waals surface area contributed by atoms with Gasteiger partial charge in [0, 0.05) is 36.3 Å². The molecule has 3 nitrogen and oxygen atoms in total. The van der Waals surface area contributed by atoms with Crippen molar-refractivity contribution in [3.8, 4) is 5.75 Å². The maximum absolute atomic E-state index is 13.5. The summed E-state index contributed by atoms with van der Waals surface area (Å²) >= 11 is 1.94. The van der Waals surface area contributed by atoms with Crippen molar-refractivity contribution >= 4 is 11.8 Å². The molecule has 3 rings (SSSR count). The van der Waals surface area contributed by atoms with Gasteiger partial charge in [0.1, 0.15) is 17.7 Å². The van der Waals surface area contributed by atoms with Crippen molar-refractivity contribution in [1.82, 2.24) is 0 Å². The zero-order chi connectivity index (χ0) is 14.9. The van der Waals surface area contributed by atoms with Gasteiger partial charge in [-0.1, -0.05) is 6.07 Å². The normalized spacial score (nSPS) is 30.5. The number of halogens is 1. The van der Waals surface area contributed by atoms with Gasteiger partial charge in [-0.3, -0.25) is 0 Å². The van der Waals surface area contributed by atoms with Gasteiger partial charge in [0.2, 0.25) is 0 Å². The molecule has 1 aromatic rings. The lowest BCUT2D eigenvalue weighted by Crippen LogP contribution is -2.44. The first-order valence-corrected chi connectivity index (χ1v) is 8.67. The highest BCUT2D eigenvalue weighted by molar-refractivity contribution is 7.99. The lowest BCUT2D eigenvalue weighted by Gasteiger charge is -2.38. The summed E-state index contributed by atoms with van der Waals surface area (Å²) in [5.74, 6) is 2.48. The van der Waals surface area contributed by atoms with Crippen LogP contribution in [0, 0.1) is 5.82 Å². The number of ether oxygens (including phenoxy) is 2. The molecule has 3 atom stereocenters. The van der Waals surface area contributed by atoms with Crippen molar-refractivity contribution in [2.75, 3.05) is 18.1 Å². The lowest BCUT2D eigenvalue weighted by atomic mass is 9.91. The molecule has 0 aromatic heterocycles. The Labute approximate surface area is 129 Å². The van der Waals surface area contributed by atoms with Gasteiger partial charge in [-0.2, -0.15) is 11.8 Å². The van der Waals surface area contributed by atoms with Gasteiger partial charge in [-0.15, -0.1) is 0 Å². The molecule has 2 unspecified atom stereocenters. The van der Waals surface area contributed by atoms with Crippen LogP contribution >= 0.6 is 11.8 Å². The smallest absolute Gasteiger partial charge is 0.127 e. The molecule has 2 aliphatic rings. The molecule has 2 saturated heterocycles. The van der Waals surface area contributed by atoms with Crippen LogP contribution in [0.1, 0.15) is 37.8 Å². The van der Waals surface area contributed by atoms with Gasteiger partial charge in [-0.25, -0.2) is 4.39 Å². The SMILES string of the molecule is C[C@@H](N)c1ccc(F)cc1OC1CCOC2(CCSC2)C1. The van der Waals surface area contributed by atoms with E-state index >= 15 is 0 Å². The van der Waals surface area contributed by atoms with Crippen LogP contribution in [0.15, 0.2) is 18.2 Å². The molecule has 2 fully saturated rings. The maximum Gasteiger partial charge on any atom is 0.127 e. The summed E-state index contributed by atoms with van der Waals surface area (Å²) in [6.07, 6.45) is 2.90. The van der Waals surface area contributed by atoms with E-state index in [-0.39, 0.29) is 23.6 Å². The summed E-state index contributed by atoms with van der Waals surface area (Å²) in [7, 11) is 0. The fourth-order valence-corrected chi connectivity index (χ4v) is 4.49. The van der Waals surface area contributed by atoms with E-state index in [0.717, 1.165) is 36.3 Å². The molecule has 2 N–H and O–H groups in total. The molecule has 1 aromatic carbocycles. The van der Waals surface area contributed by atoms with Crippen LogP contribution in [0.2, 0.25) is 0 Å². The van der Waals surface area contributed by atoms with Crippen molar-refractivity contribution < 1.29 is 13.9 Å². The molecule has 0 amide bonds. The Hall–Kier alpha value is -0.780. The van der Waals surface area contributed by atoms with Crippen LogP contribution in [0.4, 0.5) is 4.39 Å². The first-order chi connectivity index (χ1) is 10.1. The summed E-state index contributed by atoms with van der Waals surface area (Å²) in [4.78, 5) is 0. The highest BCUT2D eigenvalue weighted by Crippen LogP contribution is 2.39. The van der Waals surface area contributed by atoms with Gasteiger partial charge in [0.05, 0.1) is 12.2 Å². The van der Waals surface area contributed by atoms with E-state index in [2.05, 4.69) is 0 Å². The third-order valence-corrected chi connectivity index (χ3v) is 5.50. The number of benzene rings is 1. The second-order valence-corrected chi connectivity index (χ2v) is 7.14. The van der Waals surface area contributed by atoms with Gasteiger partial charge < -0.3 is 15.2 Å². The minimum absolute atomic E-state index is 0.0323. The predicted molar refractivity (Wildman–Crippen MR) is 83.3 cm³/mol. The Balaban J connectivity index is 1.75. The lowest BCUT2D eigenvalue weighted by molar-refractivity contribution is -0.0960. The molecule has 5 heteroatoms. The second-order valence-electron chi connectivity index (χ2n) is 6.04. The molecule has 21 heavy (non-hydrogen) atoms. The molecule has 0 aliphatic carbocycles. The molecule has 0 bridgehead atoms. The van der Waals surface area contributed by atoms with Crippen molar-refractivity contribution in [1.29, 1.82) is 0 Å². The highest BCUT2D eigenvalue weighted by Gasteiger charge is 2.41. The average Bonchev–Trinajstić information content (AvgIpc) is 2.86. The zero-order valence-electron chi connectivity index (χ0n) is 12.3. The summed E-state index contributed by atoms with van der Waals surface area (Å²) in [5.41, 5.74) is 6.78. The number of rotatable bonds is 3. The van der Waals surface area contributed by atoms with Crippen LogP contribution < -0.4 is 10.5 Å². The van der Waals surface area contributed by atoms with Crippen molar-refractivity contribution in [2.45, 2.75) is 43.9 Å². The minimum Gasteiger partial charge on any atom is -0.490 e. The van der Waals surface area contributed by atoms with Crippen molar-refractivity contribution in [2.24, 2.45) is 5.73 Å². The van der Waals surface area contributed by atoms with E-state index in [9.17, 15) is 4.39 Å². The van der Waals surface area contributed by atoms with Crippen molar-refractivity contribution in [3.63, 3.8) is 0 Å². The van der Waals surface area contributed by atoms with Gasteiger partial charge in [0.25, 0.3) is 0 Å². The standard InChI is InChI=1S/C16H22FNO2S/c1-11(18)14-3-2-12(17)8-15(14)20-13-4-6-19-16(9-13)5-7-21-10-16/h2-3,8,11,13H,4-7,9-10,18H2,1H3/t11-,13?,16?/m1/s1. The molecule has 1 spiro atoms. The summed E-state index contributed by atoms with van der Waals surface area (Å²) in [6, 6.07) is 4.43. The molecule has 2 heterocycles. The minimum atomic E-state index is -0.285. The van der Waals surface area contributed by atoms with E-state index in [0.29, 0.717) is 12.4 Å². The first kappa shape index (κ1) is 15.1. The largest absolute Gasteiger partial charge is 0.490 e. The summed E-state index contributed by atoms with van der Waals surface area (Å²) in [6.45, 7) is 2.60. The van der Waals surface area contributed by atoms with E-state index in [1.54, 1.807) is 6.07 Å². The Morgan fingerprint density at radius 2 is 2.38 bits per heavy atom. The first-order valence-electron chi connectivity index (χ1n) is 7.51. The van der Waals surface area contributed by atoms with Gasteiger partial charge >= 0.3 is 0 Å². The molecular weight excluding hydrogens is 289 g/mol. The van der Waals surface area contributed by atoms with Crippen LogP contribution in [0.5, 0.6) is 5.75 Å². The average molecular weight is 311 g/mol. The van der Waals surface area contributed by atoms with Crippen molar-refractivity contribution in [3.05, 3.63) is 29.6 Å². The molecular formula is C16H22FNO2S. The Bertz CT molecular complexity index is 503. The molecule has 2 aliphatic heterocycles. The number of thioether (sulfide) groups is 1. The quantitative estimate of drug-likeness (QED) is 0.930. The van der Waals surface area contributed by atoms with E-state index < -0.39 is 0 Å². The van der Waals surface area contributed by atoms with Crippen LogP contribution in [0.25, 0.3) is 0 Å². The van der Waals surface area contributed by atoms with E-state index in [1.165, 1.54) is 12.1 Å². The fourth-order valence-electron chi connectivity index (χ4n) is 3.11. The molecule has 0 radical (unpaired) electrons. The second kappa shape index (κ2) is 6.15. The van der Waals surface area contributed by atoms with Gasteiger partial charge in [-0.05, 0) is 25.2 Å². The van der Waals surface area contributed by atoms with Crippen LogP contribution in [0.3, 0.4) is 0 Å². The maximum atomic E-state index is 13.5. The van der Waals surface area contributed by atoms with Crippen LogP contribution in [-0.4, -0.2) is 29.8 Å². The number of nitrogens with two attached hydrogens (primary N) is 1. The Kier molecular flexibility index (Phi) is 4.43. The predicted octanol–water partition coefficient (Wildman–Crippen LogP) is 3.28. The third kappa shape index (κ3) is 3.35. The summed E-state index contributed by atoms with van der Waals surface area (Å²) in [5, 5.41) is 0.